The second-order valence-corrected chi connectivity index (χ2v) is 8.08. The van der Waals surface area contributed by atoms with Crippen LogP contribution in [0.3, 0.4) is 0 Å². The number of rotatable bonds is 1. The number of methoxy groups -OCH3 is 1. The summed E-state index contributed by atoms with van der Waals surface area (Å²) in [5, 5.41) is 2.82. The molecule has 0 fully saturated rings. The third-order valence-corrected chi connectivity index (χ3v) is 5.78. The molecular weight excluding hydrogens is 424 g/mol. The summed E-state index contributed by atoms with van der Waals surface area (Å²) in [6, 6.07) is 5.32. The van der Waals surface area contributed by atoms with E-state index in [2.05, 4.69) is 20.3 Å². The van der Waals surface area contributed by atoms with Crippen molar-refractivity contribution in [2.45, 2.75) is 25.2 Å². The monoisotopic (exact) mass is 452 g/mol. The van der Waals surface area contributed by atoms with Crippen LogP contribution in [0.1, 0.15) is 30.7 Å². The summed E-state index contributed by atoms with van der Waals surface area (Å²) in [6.45, 7) is 1.67. The van der Waals surface area contributed by atoms with Crippen molar-refractivity contribution >= 4 is 35.4 Å². The van der Waals surface area contributed by atoms with E-state index in [1.54, 1.807) is 36.4 Å². The largest absolute Gasteiger partial charge is 0.493 e. The van der Waals surface area contributed by atoms with Crippen LogP contribution in [0, 0.1) is 0 Å². The van der Waals surface area contributed by atoms with E-state index in [1.807, 2.05) is 19.0 Å². The summed E-state index contributed by atoms with van der Waals surface area (Å²) in [5.41, 5.74) is 1.32. The highest BCUT2D eigenvalue weighted by molar-refractivity contribution is 6.13. The van der Waals surface area contributed by atoms with Gasteiger partial charge in [0.2, 0.25) is 11.8 Å². The van der Waals surface area contributed by atoms with Gasteiger partial charge in [0.05, 0.1) is 25.0 Å². The van der Waals surface area contributed by atoms with Gasteiger partial charge >= 0.3 is 0 Å². The molecule has 0 radical (unpaired) electrons. The molecule has 1 unspecified atom stereocenters. The third-order valence-electron chi connectivity index (χ3n) is 5.78. The molecule has 0 saturated carbocycles. The third kappa shape index (κ3) is 4.89. The number of amides is 2. The summed E-state index contributed by atoms with van der Waals surface area (Å²) < 4.78 is 11.3. The highest BCUT2D eigenvalue weighted by Gasteiger charge is 2.34. The molecular formula is C23H28N6O4. The summed E-state index contributed by atoms with van der Waals surface area (Å²) in [4.78, 5) is 42.1. The first-order valence-electron chi connectivity index (χ1n) is 10.9. The topological polar surface area (TPSA) is 109 Å². The van der Waals surface area contributed by atoms with Crippen LogP contribution in [0.2, 0.25) is 0 Å². The molecule has 1 N–H and O–H groups in total. The number of ether oxygens (including phenoxy) is 2. The quantitative estimate of drug-likeness (QED) is 0.707. The number of carbonyl (C=O) groups is 2. The Bertz CT molecular complexity index is 1070. The molecule has 2 aliphatic heterocycles. The minimum Gasteiger partial charge on any atom is -0.493 e. The minimum absolute atomic E-state index is 0.0745. The van der Waals surface area contributed by atoms with Gasteiger partial charge in [0, 0.05) is 45.9 Å². The molecule has 10 nitrogen and oxygen atoms in total. The fraction of sp³-hybridized carbons (Fsp3) is 0.435. The highest BCUT2D eigenvalue weighted by Crippen LogP contribution is 2.37. The lowest BCUT2D eigenvalue weighted by atomic mass is 10.0. The van der Waals surface area contributed by atoms with Crippen LogP contribution in [0.25, 0.3) is 0 Å². The van der Waals surface area contributed by atoms with E-state index in [9.17, 15) is 9.59 Å². The van der Waals surface area contributed by atoms with E-state index in [4.69, 9.17) is 9.47 Å². The highest BCUT2D eigenvalue weighted by atomic mass is 16.5. The van der Waals surface area contributed by atoms with Gasteiger partial charge in [0.25, 0.3) is 0 Å². The van der Waals surface area contributed by atoms with Crippen molar-refractivity contribution < 1.29 is 19.1 Å². The molecule has 2 amide bonds. The van der Waals surface area contributed by atoms with Crippen molar-refractivity contribution in [2.24, 2.45) is 4.99 Å². The molecule has 0 saturated heterocycles. The molecule has 1 aromatic carbocycles. The van der Waals surface area contributed by atoms with E-state index in [0.29, 0.717) is 66.9 Å². The Balaban J connectivity index is 1.70. The van der Waals surface area contributed by atoms with Gasteiger partial charge in [-0.1, -0.05) is 0 Å². The molecule has 33 heavy (non-hydrogen) atoms. The van der Waals surface area contributed by atoms with E-state index >= 15 is 0 Å². The van der Waals surface area contributed by atoms with E-state index in [-0.39, 0.29) is 11.8 Å². The van der Waals surface area contributed by atoms with E-state index in [1.165, 1.54) is 6.33 Å². The second kappa shape index (κ2) is 9.85. The summed E-state index contributed by atoms with van der Waals surface area (Å²) in [5.74, 6) is 1.53. The van der Waals surface area contributed by atoms with Crippen LogP contribution >= 0.6 is 0 Å². The Morgan fingerprint density at radius 3 is 2.76 bits per heavy atom. The zero-order valence-electron chi connectivity index (χ0n) is 19.1. The zero-order chi connectivity index (χ0) is 23.4. The lowest BCUT2D eigenvalue weighted by Gasteiger charge is -2.23. The number of carbonyl (C=O) groups excluding carboxylic acids is 2. The Morgan fingerprint density at radius 1 is 1.12 bits per heavy atom. The lowest BCUT2D eigenvalue weighted by molar-refractivity contribution is -0.130. The molecule has 2 bridgehead atoms. The van der Waals surface area contributed by atoms with Crippen LogP contribution in [-0.2, 0) is 9.59 Å². The Hall–Kier alpha value is -3.69. The molecule has 0 spiro atoms. The summed E-state index contributed by atoms with van der Waals surface area (Å²) >= 11 is 0. The normalized spacial score (nSPS) is 19.3. The van der Waals surface area contributed by atoms with E-state index < -0.39 is 5.92 Å². The Morgan fingerprint density at radius 2 is 1.94 bits per heavy atom. The number of fused-ring (bicyclic) bond motifs is 2. The van der Waals surface area contributed by atoms with Gasteiger partial charge in [0.1, 0.15) is 23.9 Å². The number of hydrogen-bond acceptors (Lipinski definition) is 8. The standard InChI is InChI=1S/C23H28N6O4/c1-28-9-5-10-29(2)22-20-16(23(31)27-21(20)25-14-26-22)13-24-15-7-8-17(32-3)18(12-15)33-11-4-6-19(28)30/h7-8,12-14,16H,4-6,9-11H2,1-3H3,(H,25,26,27,31). The van der Waals surface area contributed by atoms with Crippen molar-refractivity contribution in [2.75, 3.05) is 51.1 Å². The average molecular weight is 453 g/mol. The first-order chi connectivity index (χ1) is 16.0. The van der Waals surface area contributed by atoms with Crippen LogP contribution < -0.4 is 19.7 Å². The average Bonchev–Trinajstić information content (AvgIpc) is 3.14. The number of hydrogen-bond donors (Lipinski definition) is 1. The van der Waals surface area contributed by atoms with Crippen molar-refractivity contribution in [1.82, 2.24) is 14.9 Å². The summed E-state index contributed by atoms with van der Waals surface area (Å²) in [7, 11) is 5.30. The molecule has 0 aliphatic carbocycles. The second-order valence-electron chi connectivity index (χ2n) is 8.08. The Kier molecular flexibility index (Phi) is 6.71. The molecule has 4 rings (SSSR count). The van der Waals surface area contributed by atoms with Gasteiger partial charge in [-0.2, -0.15) is 0 Å². The maximum Gasteiger partial charge on any atom is 0.238 e. The smallest absolute Gasteiger partial charge is 0.238 e. The molecule has 1 aromatic heterocycles. The minimum atomic E-state index is -0.617. The van der Waals surface area contributed by atoms with Gasteiger partial charge < -0.3 is 24.6 Å². The number of aromatic nitrogens is 2. The van der Waals surface area contributed by atoms with Gasteiger partial charge in [-0.15, -0.1) is 0 Å². The van der Waals surface area contributed by atoms with Crippen LogP contribution in [0.15, 0.2) is 29.5 Å². The van der Waals surface area contributed by atoms with Crippen molar-refractivity contribution in [1.29, 1.82) is 0 Å². The fourth-order valence-corrected chi connectivity index (χ4v) is 3.94. The summed E-state index contributed by atoms with van der Waals surface area (Å²) in [6.07, 6.45) is 4.81. The van der Waals surface area contributed by atoms with E-state index in [0.717, 1.165) is 6.42 Å². The van der Waals surface area contributed by atoms with Crippen molar-refractivity contribution in [3.63, 3.8) is 0 Å². The zero-order valence-corrected chi connectivity index (χ0v) is 19.1. The maximum atomic E-state index is 12.7. The van der Waals surface area contributed by atoms with Gasteiger partial charge in [-0.05, 0) is 25.0 Å². The molecule has 1 atom stereocenters. The van der Waals surface area contributed by atoms with Crippen molar-refractivity contribution in [3.05, 3.63) is 30.1 Å². The number of aliphatic imine (C=N–C) groups is 1. The predicted molar refractivity (Wildman–Crippen MR) is 125 cm³/mol. The fourth-order valence-electron chi connectivity index (χ4n) is 3.94. The number of nitrogens with one attached hydrogen (secondary N) is 1. The predicted octanol–water partition coefficient (Wildman–Crippen LogP) is 2.38. The lowest BCUT2D eigenvalue weighted by Crippen LogP contribution is -2.31. The van der Waals surface area contributed by atoms with Gasteiger partial charge in [-0.3, -0.25) is 14.6 Å². The molecule has 2 aliphatic rings. The maximum absolute atomic E-state index is 12.7. The van der Waals surface area contributed by atoms with Crippen LogP contribution in [0.5, 0.6) is 11.5 Å². The molecule has 10 heteroatoms. The van der Waals surface area contributed by atoms with Crippen LogP contribution in [0.4, 0.5) is 17.3 Å². The van der Waals surface area contributed by atoms with Gasteiger partial charge in [0.15, 0.2) is 11.5 Å². The number of nitrogens with zero attached hydrogens (tertiary/aromatic N) is 5. The first kappa shape index (κ1) is 22.5. The van der Waals surface area contributed by atoms with Gasteiger partial charge in [-0.25, -0.2) is 9.97 Å². The number of benzene rings is 1. The molecule has 2 aromatic rings. The molecule has 3 heterocycles. The first-order valence-corrected chi connectivity index (χ1v) is 10.9. The SMILES string of the molecule is COc1ccc2cc1OCCCC(=O)N(C)CCCN(C)c1ncnc3c1C(C=N2)C(=O)N3. The number of anilines is 2. The van der Waals surface area contributed by atoms with Crippen molar-refractivity contribution in [3.8, 4) is 11.5 Å². The Labute approximate surface area is 192 Å². The van der Waals surface area contributed by atoms with Crippen LogP contribution in [-0.4, -0.2) is 73.8 Å². The molecule has 174 valence electrons.